The molecule has 3 heteroatoms. The Kier molecular flexibility index (Phi) is 4.23. The van der Waals surface area contributed by atoms with Crippen LogP contribution in [0.4, 0.5) is 0 Å². The van der Waals surface area contributed by atoms with Gasteiger partial charge >= 0.3 is 0 Å². The standard InChI is InChI=1S/C19H21NO2/c1-2-3-4-5-6-13-20-18(21)15-11-7-9-14-10-8-12-16(17(14)15)19(20)22/h7-12H,2-6,13H2,1H3. The number of rotatable bonds is 6. The molecule has 0 unspecified atom stereocenters. The maximum Gasteiger partial charge on any atom is 0.261 e. The van der Waals surface area contributed by atoms with Gasteiger partial charge in [-0.15, -0.1) is 0 Å². The summed E-state index contributed by atoms with van der Waals surface area (Å²) < 4.78 is 0. The molecule has 0 N–H and O–H groups in total. The van der Waals surface area contributed by atoms with Crippen molar-refractivity contribution in [2.45, 2.75) is 39.0 Å². The Morgan fingerprint density at radius 1 is 0.818 bits per heavy atom. The van der Waals surface area contributed by atoms with Gasteiger partial charge in [0.1, 0.15) is 0 Å². The summed E-state index contributed by atoms with van der Waals surface area (Å²) in [5.74, 6) is -0.297. The molecule has 0 aliphatic carbocycles. The highest BCUT2D eigenvalue weighted by molar-refractivity contribution is 6.25. The van der Waals surface area contributed by atoms with Crippen LogP contribution in [0.25, 0.3) is 10.8 Å². The van der Waals surface area contributed by atoms with E-state index in [1.54, 1.807) is 0 Å². The van der Waals surface area contributed by atoms with E-state index in [1.807, 2.05) is 36.4 Å². The van der Waals surface area contributed by atoms with Gasteiger partial charge in [0.15, 0.2) is 0 Å². The first-order chi connectivity index (χ1) is 10.7. The molecule has 22 heavy (non-hydrogen) atoms. The Morgan fingerprint density at radius 3 is 2.00 bits per heavy atom. The van der Waals surface area contributed by atoms with Crippen LogP contribution in [0.5, 0.6) is 0 Å². The first-order valence-corrected chi connectivity index (χ1v) is 8.12. The number of hydrogen-bond acceptors (Lipinski definition) is 2. The third-order valence-corrected chi connectivity index (χ3v) is 4.34. The molecule has 1 aliphatic rings. The lowest BCUT2D eigenvalue weighted by atomic mass is 9.94. The van der Waals surface area contributed by atoms with Gasteiger partial charge in [-0.05, 0) is 23.9 Å². The van der Waals surface area contributed by atoms with Gasteiger partial charge in [0.2, 0.25) is 0 Å². The number of nitrogens with zero attached hydrogens (tertiary/aromatic N) is 1. The van der Waals surface area contributed by atoms with E-state index in [-0.39, 0.29) is 11.8 Å². The van der Waals surface area contributed by atoms with Gasteiger partial charge in [-0.3, -0.25) is 14.5 Å². The maximum atomic E-state index is 12.6. The SMILES string of the molecule is CCCCCCCN1C(=O)c2cccc3cccc(c23)C1=O. The molecule has 0 saturated heterocycles. The normalized spacial score (nSPS) is 14.0. The smallest absolute Gasteiger partial charge is 0.261 e. The molecule has 0 aromatic heterocycles. The van der Waals surface area contributed by atoms with Crippen LogP contribution < -0.4 is 0 Å². The van der Waals surface area contributed by atoms with E-state index in [0.29, 0.717) is 17.7 Å². The lowest BCUT2D eigenvalue weighted by molar-refractivity contribution is 0.0608. The van der Waals surface area contributed by atoms with Crippen LogP contribution in [-0.2, 0) is 0 Å². The molecule has 0 radical (unpaired) electrons. The Morgan fingerprint density at radius 2 is 1.41 bits per heavy atom. The summed E-state index contributed by atoms with van der Waals surface area (Å²) in [6, 6.07) is 11.3. The molecule has 0 spiro atoms. The second-order valence-corrected chi connectivity index (χ2v) is 5.89. The molecule has 2 aromatic rings. The Balaban J connectivity index is 1.85. The van der Waals surface area contributed by atoms with Crippen LogP contribution in [-0.4, -0.2) is 23.3 Å². The third-order valence-electron chi connectivity index (χ3n) is 4.34. The molecule has 3 rings (SSSR count). The average Bonchev–Trinajstić information content (AvgIpc) is 2.55. The van der Waals surface area contributed by atoms with Crippen LogP contribution in [0, 0.1) is 0 Å². The van der Waals surface area contributed by atoms with E-state index in [4.69, 9.17) is 0 Å². The fourth-order valence-electron chi connectivity index (χ4n) is 3.16. The molecule has 2 amide bonds. The summed E-state index contributed by atoms with van der Waals surface area (Å²) in [6.45, 7) is 2.70. The van der Waals surface area contributed by atoms with Gasteiger partial charge < -0.3 is 0 Å². The minimum atomic E-state index is -0.148. The predicted molar refractivity (Wildman–Crippen MR) is 88.1 cm³/mol. The monoisotopic (exact) mass is 295 g/mol. The predicted octanol–water partition coefficient (Wildman–Crippen LogP) is 4.41. The summed E-state index contributed by atoms with van der Waals surface area (Å²) in [6.07, 6.45) is 5.52. The number of unbranched alkanes of at least 4 members (excludes halogenated alkanes) is 4. The van der Waals surface area contributed by atoms with Crippen LogP contribution in [0.2, 0.25) is 0 Å². The van der Waals surface area contributed by atoms with Gasteiger partial charge in [0.05, 0.1) is 0 Å². The number of carbonyl (C=O) groups is 2. The zero-order valence-corrected chi connectivity index (χ0v) is 13.0. The lowest BCUT2D eigenvalue weighted by Gasteiger charge is -2.27. The van der Waals surface area contributed by atoms with Gasteiger partial charge in [-0.1, -0.05) is 56.9 Å². The fraction of sp³-hybridized carbons (Fsp3) is 0.368. The van der Waals surface area contributed by atoms with Gasteiger partial charge in [-0.25, -0.2) is 0 Å². The van der Waals surface area contributed by atoms with Crippen molar-refractivity contribution < 1.29 is 9.59 Å². The molecular formula is C19H21NO2. The van der Waals surface area contributed by atoms with Crippen LogP contribution in [0.3, 0.4) is 0 Å². The molecule has 0 atom stereocenters. The van der Waals surface area contributed by atoms with E-state index >= 15 is 0 Å². The molecule has 1 heterocycles. The number of imide groups is 1. The van der Waals surface area contributed by atoms with E-state index in [1.165, 1.54) is 24.2 Å². The van der Waals surface area contributed by atoms with Gasteiger partial charge in [0.25, 0.3) is 11.8 Å². The number of carbonyl (C=O) groups excluding carboxylic acids is 2. The van der Waals surface area contributed by atoms with Crippen molar-refractivity contribution >= 4 is 22.6 Å². The highest BCUT2D eigenvalue weighted by Gasteiger charge is 2.31. The zero-order chi connectivity index (χ0) is 15.5. The van der Waals surface area contributed by atoms with E-state index in [2.05, 4.69) is 6.92 Å². The number of benzene rings is 2. The van der Waals surface area contributed by atoms with Crippen molar-refractivity contribution in [3.63, 3.8) is 0 Å². The summed E-state index contributed by atoms with van der Waals surface area (Å²) in [5, 5.41) is 1.77. The molecule has 0 fully saturated rings. The molecule has 1 aliphatic heterocycles. The second-order valence-electron chi connectivity index (χ2n) is 5.89. The summed E-state index contributed by atoms with van der Waals surface area (Å²) in [7, 11) is 0. The number of hydrogen-bond donors (Lipinski definition) is 0. The lowest BCUT2D eigenvalue weighted by Crippen LogP contribution is -2.40. The summed E-state index contributed by atoms with van der Waals surface area (Å²) in [5.41, 5.74) is 1.31. The third kappa shape index (κ3) is 2.52. The Labute approximate surface area is 130 Å². The maximum absolute atomic E-state index is 12.6. The zero-order valence-electron chi connectivity index (χ0n) is 13.0. The van der Waals surface area contributed by atoms with Crippen LogP contribution in [0.1, 0.15) is 59.7 Å². The Bertz CT molecular complexity index is 670. The molecule has 114 valence electrons. The number of amides is 2. The van der Waals surface area contributed by atoms with Crippen molar-refractivity contribution in [2.24, 2.45) is 0 Å². The van der Waals surface area contributed by atoms with E-state index < -0.39 is 0 Å². The highest BCUT2D eigenvalue weighted by atomic mass is 16.2. The molecule has 0 saturated carbocycles. The molecule has 3 nitrogen and oxygen atoms in total. The molecule has 0 bridgehead atoms. The van der Waals surface area contributed by atoms with Crippen molar-refractivity contribution in [1.29, 1.82) is 0 Å². The van der Waals surface area contributed by atoms with Gasteiger partial charge in [-0.2, -0.15) is 0 Å². The first kappa shape index (κ1) is 14.8. The minimum absolute atomic E-state index is 0.148. The highest BCUT2D eigenvalue weighted by Crippen LogP contribution is 2.30. The largest absolute Gasteiger partial charge is 0.274 e. The first-order valence-electron chi connectivity index (χ1n) is 8.12. The van der Waals surface area contributed by atoms with E-state index in [9.17, 15) is 9.59 Å². The minimum Gasteiger partial charge on any atom is -0.274 e. The molecular weight excluding hydrogens is 274 g/mol. The van der Waals surface area contributed by atoms with Crippen LogP contribution in [0.15, 0.2) is 36.4 Å². The van der Waals surface area contributed by atoms with Gasteiger partial charge in [0, 0.05) is 23.1 Å². The average molecular weight is 295 g/mol. The van der Waals surface area contributed by atoms with Crippen LogP contribution >= 0.6 is 0 Å². The summed E-state index contributed by atoms with van der Waals surface area (Å²) in [4.78, 5) is 26.7. The quantitative estimate of drug-likeness (QED) is 0.585. The Hall–Kier alpha value is -2.16. The second kappa shape index (κ2) is 6.30. The summed E-state index contributed by atoms with van der Waals surface area (Å²) >= 11 is 0. The van der Waals surface area contributed by atoms with E-state index in [0.717, 1.165) is 23.6 Å². The topological polar surface area (TPSA) is 37.4 Å². The van der Waals surface area contributed by atoms with Crippen molar-refractivity contribution in [3.05, 3.63) is 47.5 Å². The fourth-order valence-corrected chi connectivity index (χ4v) is 3.16. The van der Waals surface area contributed by atoms with Crippen molar-refractivity contribution in [3.8, 4) is 0 Å². The van der Waals surface area contributed by atoms with Crippen molar-refractivity contribution in [1.82, 2.24) is 4.90 Å². The van der Waals surface area contributed by atoms with Crippen molar-refractivity contribution in [2.75, 3.05) is 6.54 Å². The molecule has 2 aromatic carbocycles.